The Labute approximate surface area is 164 Å². The molecule has 3 rings (SSSR count). The van der Waals surface area contributed by atoms with E-state index in [2.05, 4.69) is 20.7 Å². The van der Waals surface area contributed by atoms with E-state index in [4.69, 9.17) is 47.0 Å². The number of benzene rings is 2. The first-order chi connectivity index (χ1) is 12.0. The van der Waals surface area contributed by atoms with Crippen LogP contribution in [-0.4, -0.2) is 19.9 Å². The van der Waals surface area contributed by atoms with Crippen LogP contribution in [0.3, 0.4) is 0 Å². The first-order valence-corrected chi connectivity index (χ1v) is 8.71. The lowest BCUT2D eigenvalue weighted by Gasteiger charge is -2.10. The van der Waals surface area contributed by atoms with Gasteiger partial charge in [0, 0.05) is 10.0 Å². The van der Waals surface area contributed by atoms with Crippen molar-refractivity contribution < 1.29 is 0 Å². The van der Waals surface area contributed by atoms with E-state index in [-0.39, 0.29) is 0 Å². The minimum Gasteiger partial charge on any atom is -0.331 e. The molecule has 1 aromatic heterocycles. The summed E-state index contributed by atoms with van der Waals surface area (Å²) in [4.78, 5) is 4.17. The molecule has 0 aliphatic rings. The van der Waals surface area contributed by atoms with Gasteiger partial charge in [0.05, 0.1) is 17.3 Å². The molecule has 0 aliphatic heterocycles. The molecule has 0 saturated heterocycles. The van der Waals surface area contributed by atoms with E-state index >= 15 is 0 Å². The summed E-state index contributed by atoms with van der Waals surface area (Å²) in [6.45, 7) is 0.509. The molecule has 0 aliphatic carbocycles. The third-order valence-corrected chi connectivity index (χ3v) is 4.37. The van der Waals surface area contributed by atoms with Gasteiger partial charge in [-0.1, -0.05) is 53.0 Å². The predicted octanol–water partition coefficient (Wildman–Crippen LogP) is 5.10. The molecule has 9 heteroatoms. The summed E-state index contributed by atoms with van der Waals surface area (Å²) < 4.78 is 1.67. The third kappa shape index (κ3) is 4.83. The van der Waals surface area contributed by atoms with Crippen LogP contribution in [0.4, 0.5) is 11.6 Å². The topological polar surface area (TPSA) is 54.8 Å². The van der Waals surface area contributed by atoms with Crippen molar-refractivity contribution in [2.75, 3.05) is 10.6 Å². The fourth-order valence-electron chi connectivity index (χ4n) is 2.08. The number of nitrogens with one attached hydrogen (secondary N) is 2. The van der Waals surface area contributed by atoms with Crippen LogP contribution >= 0.6 is 47.0 Å². The highest BCUT2D eigenvalue weighted by Crippen LogP contribution is 2.25. The smallest absolute Gasteiger partial charge is 0.248 e. The quantitative estimate of drug-likeness (QED) is 0.584. The zero-order chi connectivity index (χ0) is 17.8. The number of hydrogen-bond acceptors (Lipinski definition) is 3. The predicted molar refractivity (Wildman–Crippen MR) is 107 cm³/mol. The van der Waals surface area contributed by atoms with Gasteiger partial charge in [-0.25, -0.2) is 9.67 Å². The summed E-state index contributed by atoms with van der Waals surface area (Å²) >= 11 is 23.4. The van der Waals surface area contributed by atoms with Crippen molar-refractivity contribution in [3.63, 3.8) is 0 Å². The number of rotatable bonds is 4. The van der Waals surface area contributed by atoms with Crippen LogP contribution in [0.15, 0.2) is 48.8 Å². The summed E-state index contributed by atoms with van der Waals surface area (Å²) in [7, 11) is 0. The number of aromatic nitrogens is 3. The Morgan fingerprint density at radius 3 is 2.64 bits per heavy atom. The highest BCUT2D eigenvalue weighted by Gasteiger charge is 2.08. The lowest BCUT2D eigenvalue weighted by atomic mass is 10.2. The van der Waals surface area contributed by atoms with E-state index < -0.39 is 0 Å². The normalized spacial score (nSPS) is 10.5. The minimum atomic E-state index is 0.305. The fourth-order valence-corrected chi connectivity index (χ4v) is 2.81. The Hall–Kier alpha value is -1.86. The zero-order valence-corrected chi connectivity index (χ0v) is 15.8. The van der Waals surface area contributed by atoms with Gasteiger partial charge < -0.3 is 5.32 Å². The van der Waals surface area contributed by atoms with Crippen LogP contribution in [-0.2, 0) is 6.54 Å². The number of hydrogen-bond donors (Lipinski definition) is 2. The molecule has 0 spiro atoms. The van der Waals surface area contributed by atoms with Gasteiger partial charge in [-0.2, -0.15) is 0 Å². The molecule has 0 radical (unpaired) electrons. The zero-order valence-electron chi connectivity index (χ0n) is 12.7. The Kier molecular flexibility index (Phi) is 5.75. The summed E-state index contributed by atoms with van der Waals surface area (Å²) in [5.74, 6) is 0.364. The molecule has 0 atom stereocenters. The molecule has 25 heavy (non-hydrogen) atoms. The summed E-state index contributed by atoms with van der Waals surface area (Å²) in [6, 6.07) is 12.6. The molecule has 0 bridgehead atoms. The summed E-state index contributed by atoms with van der Waals surface area (Å²) in [5, 5.41) is 12.2. The molecule has 0 amide bonds. The first kappa shape index (κ1) is 17.9. The maximum Gasteiger partial charge on any atom is 0.248 e. The maximum atomic E-state index is 6.15. The molecule has 5 nitrogen and oxygen atoms in total. The third-order valence-electron chi connectivity index (χ3n) is 3.23. The van der Waals surface area contributed by atoms with Crippen LogP contribution in [0.5, 0.6) is 0 Å². The van der Waals surface area contributed by atoms with E-state index in [0.717, 1.165) is 5.56 Å². The van der Waals surface area contributed by atoms with Crippen LogP contribution < -0.4 is 10.6 Å². The van der Waals surface area contributed by atoms with Gasteiger partial charge in [0.2, 0.25) is 5.95 Å². The van der Waals surface area contributed by atoms with E-state index in [1.807, 2.05) is 24.3 Å². The number of thiocarbonyl (C=S) groups is 1. The Bertz CT molecular complexity index is 912. The number of anilines is 2. The average molecular weight is 413 g/mol. The van der Waals surface area contributed by atoms with Crippen molar-refractivity contribution in [3.8, 4) is 0 Å². The molecular weight excluding hydrogens is 401 g/mol. The van der Waals surface area contributed by atoms with Crippen molar-refractivity contribution >= 4 is 63.8 Å². The van der Waals surface area contributed by atoms with Crippen LogP contribution in [0, 0.1) is 0 Å². The van der Waals surface area contributed by atoms with Gasteiger partial charge in [0.25, 0.3) is 0 Å². The molecule has 2 aromatic carbocycles. The number of halogens is 3. The van der Waals surface area contributed by atoms with Gasteiger partial charge in [0.1, 0.15) is 6.33 Å². The van der Waals surface area contributed by atoms with E-state index in [0.29, 0.717) is 38.4 Å². The largest absolute Gasteiger partial charge is 0.331 e. The fraction of sp³-hybridized carbons (Fsp3) is 0.0625. The SMILES string of the molecule is S=C(Nc1ncn(Cc2ccccc2Cl)n1)Nc1cc(Cl)ccc1Cl. The Morgan fingerprint density at radius 1 is 1.04 bits per heavy atom. The van der Waals surface area contributed by atoms with Gasteiger partial charge in [-0.15, -0.1) is 5.10 Å². The molecule has 0 fully saturated rings. The van der Waals surface area contributed by atoms with Gasteiger partial charge in [0.15, 0.2) is 5.11 Å². The minimum absolute atomic E-state index is 0.305. The molecule has 2 N–H and O–H groups in total. The molecule has 0 saturated carbocycles. The second-order valence-corrected chi connectivity index (χ2v) is 6.72. The molecule has 1 heterocycles. The summed E-state index contributed by atoms with van der Waals surface area (Å²) in [6.07, 6.45) is 1.60. The van der Waals surface area contributed by atoms with Crippen LogP contribution in [0.1, 0.15) is 5.56 Å². The van der Waals surface area contributed by atoms with Crippen molar-refractivity contribution in [1.82, 2.24) is 14.8 Å². The highest BCUT2D eigenvalue weighted by molar-refractivity contribution is 7.80. The van der Waals surface area contributed by atoms with E-state index in [1.165, 1.54) is 0 Å². The van der Waals surface area contributed by atoms with Gasteiger partial charge in [-0.3, -0.25) is 5.32 Å². The van der Waals surface area contributed by atoms with Gasteiger partial charge >= 0.3 is 0 Å². The lowest BCUT2D eigenvalue weighted by molar-refractivity contribution is 0.687. The van der Waals surface area contributed by atoms with Gasteiger partial charge in [-0.05, 0) is 42.0 Å². The van der Waals surface area contributed by atoms with E-state index in [9.17, 15) is 0 Å². The van der Waals surface area contributed by atoms with Crippen molar-refractivity contribution in [1.29, 1.82) is 0 Å². The average Bonchev–Trinajstić information content (AvgIpc) is 3.00. The second kappa shape index (κ2) is 8.01. The molecule has 0 unspecified atom stereocenters. The lowest BCUT2D eigenvalue weighted by Crippen LogP contribution is -2.20. The molecule has 128 valence electrons. The van der Waals surface area contributed by atoms with E-state index in [1.54, 1.807) is 29.2 Å². The van der Waals surface area contributed by atoms with Crippen molar-refractivity contribution in [2.45, 2.75) is 6.54 Å². The highest BCUT2D eigenvalue weighted by atomic mass is 35.5. The molecule has 3 aromatic rings. The van der Waals surface area contributed by atoms with Crippen LogP contribution in [0.25, 0.3) is 0 Å². The first-order valence-electron chi connectivity index (χ1n) is 7.17. The molecular formula is C16H12Cl3N5S. The Balaban J connectivity index is 1.64. The van der Waals surface area contributed by atoms with Crippen molar-refractivity contribution in [2.24, 2.45) is 0 Å². The monoisotopic (exact) mass is 411 g/mol. The Morgan fingerprint density at radius 2 is 1.84 bits per heavy atom. The van der Waals surface area contributed by atoms with Crippen LogP contribution in [0.2, 0.25) is 15.1 Å². The maximum absolute atomic E-state index is 6.15. The van der Waals surface area contributed by atoms with Crippen molar-refractivity contribution in [3.05, 3.63) is 69.4 Å². The second-order valence-electron chi connectivity index (χ2n) is 5.06. The number of nitrogens with zero attached hydrogens (tertiary/aromatic N) is 3. The standard InChI is InChI=1S/C16H12Cl3N5S/c17-11-5-6-13(19)14(7-11)21-16(25)22-15-20-9-24(23-15)8-10-3-1-2-4-12(10)18/h1-7,9H,8H2,(H2,21,22,23,25). The summed E-state index contributed by atoms with van der Waals surface area (Å²) in [5.41, 5.74) is 1.55.